The smallest absolute Gasteiger partial charge is 0.405 e. The maximum atomic E-state index is 13.1. The van der Waals surface area contributed by atoms with Crippen LogP contribution in [-0.4, -0.2) is 6.36 Å². The minimum atomic E-state index is -5.06. The largest absolute Gasteiger partial charge is 0.573 e. The molecule has 0 unspecified atom stereocenters. The van der Waals surface area contributed by atoms with Crippen LogP contribution in [0.5, 0.6) is 5.75 Å². The third-order valence-electron chi connectivity index (χ3n) is 2.69. The zero-order valence-corrected chi connectivity index (χ0v) is 10.6. The van der Waals surface area contributed by atoms with E-state index in [9.17, 15) is 30.7 Å². The van der Waals surface area contributed by atoms with Crippen molar-refractivity contribution in [3.05, 3.63) is 53.8 Å². The molecule has 0 amide bonds. The third-order valence-corrected chi connectivity index (χ3v) is 2.69. The second kappa shape index (κ2) is 5.51. The summed E-state index contributed by atoms with van der Waals surface area (Å²) in [7, 11) is 0. The lowest BCUT2D eigenvalue weighted by Crippen LogP contribution is -2.18. The van der Waals surface area contributed by atoms with E-state index in [1.807, 2.05) is 0 Å². The summed E-state index contributed by atoms with van der Waals surface area (Å²) in [5, 5.41) is 0. The first-order valence-corrected chi connectivity index (χ1v) is 5.80. The number of hydrogen-bond donors (Lipinski definition) is 0. The molecule has 0 aliphatic heterocycles. The molecule has 0 bridgehead atoms. The third kappa shape index (κ3) is 3.69. The molecule has 0 saturated carbocycles. The van der Waals surface area contributed by atoms with Crippen molar-refractivity contribution >= 4 is 0 Å². The van der Waals surface area contributed by atoms with Crippen LogP contribution in [0.15, 0.2) is 42.5 Å². The Bertz CT molecular complexity index is 674. The highest BCUT2D eigenvalue weighted by Crippen LogP contribution is 2.41. The van der Waals surface area contributed by atoms with E-state index in [-0.39, 0.29) is 6.07 Å². The second-order valence-electron chi connectivity index (χ2n) is 4.23. The molecule has 118 valence electrons. The van der Waals surface area contributed by atoms with Crippen LogP contribution in [0.4, 0.5) is 30.7 Å². The summed E-state index contributed by atoms with van der Waals surface area (Å²) in [6.45, 7) is 0. The first-order chi connectivity index (χ1) is 10.1. The van der Waals surface area contributed by atoms with Crippen LogP contribution in [0.1, 0.15) is 5.56 Å². The molecule has 0 aliphatic carbocycles. The van der Waals surface area contributed by atoms with E-state index in [1.165, 1.54) is 12.1 Å². The molecule has 2 aromatic rings. The van der Waals surface area contributed by atoms with Gasteiger partial charge in [0.05, 0.1) is 5.56 Å². The summed E-state index contributed by atoms with van der Waals surface area (Å²) in [6.07, 6.45) is -9.99. The molecule has 8 heteroatoms. The van der Waals surface area contributed by atoms with E-state index in [2.05, 4.69) is 4.74 Å². The summed E-state index contributed by atoms with van der Waals surface area (Å²) in [6, 6.07) is 6.06. The van der Waals surface area contributed by atoms with Gasteiger partial charge in [0, 0.05) is 5.56 Å². The Morgan fingerprint density at radius 3 is 2.00 bits per heavy atom. The Kier molecular flexibility index (Phi) is 4.04. The molecule has 22 heavy (non-hydrogen) atoms. The van der Waals surface area contributed by atoms with E-state index in [4.69, 9.17) is 0 Å². The van der Waals surface area contributed by atoms with Crippen molar-refractivity contribution in [2.24, 2.45) is 0 Å². The van der Waals surface area contributed by atoms with Gasteiger partial charge in [0.2, 0.25) is 0 Å². The van der Waals surface area contributed by atoms with Crippen molar-refractivity contribution in [1.82, 2.24) is 0 Å². The fraction of sp³-hybridized carbons (Fsp3) is 0.143. The average Bonchev–Trinajstić information content (AvgIpc) is 2.37. The predicted molar refractivity (Wildman–Crippen MR) is 63.5 cm³/mol. The Morgan fingerprint density at radius 2 is 1.41 bits per heavy atom. The van der Waals surface area contributed by atoms with Gasteiger partial charge in [-0.15, -0.1) is 13.2 Å². The van der Waals surface area contributed by atoms with Crippen molar-refractivity contribution in [1.29, 1.82) is 0 Å². The number of halogens is 7. The second-order valence-corrected chi connectivity index (χ2v) is 4.23. The van der Waals surface area contributed by atoms with Crippen molar-refractivity contribution in [2.75, 3.05) is 0 Å². The molecule has 0 atom stereocenters. The van der Waals surface area contributed by atoms with E-state index in [0.717, 1.165) is 24.3 Å². The lowest BCUT2D eigenvalue weighted by atomic mass is 9.98. The number of benzene rings is 2. The molecule has 0 aromatic heterocycles. The molecule has 0 spiro atoms. The van der Waals surface area contributed by atoms with E-state index in [0.29, 0.717) is 0 Å². The highest BCUT2D eigenvalue weighted by molar-refractivity contribution is 5.74. The van der Waals surface area contributed by atoms with Crippen LogP contribution < -0.4 is 4.74 Å². The minimum Gasteiger partial charge on any atom is -0.405 e. The zero-order chi connectivity index (χ0) is 16.5. The Hall–Kier alpha value is -2.25. The maximum Gasteiger partial charge on any atom is 0.573 e. The van der Waals surface area contributed by atoms with Gasteiger partial charge in [-0.25, -0.2) is 4.39 Å². The van der Waals surface area contributed by atoms with E-state index in [1.54, 1.807) is 0 Å². The molecule has 0 aliphatic rings. The maximum absolute atomic E-state index is 13.1. The normalized spacial score (nSPS) is 12.3. The predicted octanol–water partition coefficient (Wildman–Crippen LogP) is 5.41. The molecule has 0 radical (unpaired) electrons. The van der Waals surface area contributed by atoms with Crippen LogP contribution >= 0.6 is 0 Å². The van der Waals surface area contributed by atoms with Gasteiger partial charge in [-0.3, -0.25) is 0 Å². The molecule has 0 heterocycles. The van der Waals surface area contributed by atoms with Gasteiger partial charge in [-0.05, 0) is 23.8 Å². The number of rotatable bonds is 2. The minimum absolute atomic E-state index is 0.222. The number of ether oxygens (including phenoxy) is 1. The standard InChI is InChI=1S/C14H7F7O/c15-8-5-6-9(11(7-8)13(16,17)18)10-3-1-2-4-12(10)22-14(19,20)21/h1-7H. The quantitative estimate of drug-likeness (QED) is 0.671. The van der Waals surface area contributed by atoms with Crippen molar-refractivity contribution < 1.29 is 35.5 Å². The van der Waals surface area contributed by atoms with E-state index < -0.39 is 40.8 Å². The van der Waals surface area contributed by atoms with Gasteiger partial charge in [-0.2, -0.15) is 13.2 Å². The van der Waals surface area contributed by atoms with Crippen LogP contribution in [-0.2, 0) is 6.18 Å². The summed E-state index contributed by atoms with van der Waals surface area (Å²) < 4.78 is 92.6. The van der Waals surface area contributed by atoms with Crippen LogP contribution in [0, 0.1) is 5.82 Å². The molecule has 0 N–H and O–H groups in total. The lowest BCUT2D eigenvalue weighted by Gasteiger charge is -2.17. The Morgan fingerprint density at radius 1 is 0.773 bits per heavy atom. The molecule has 0 saturated heterocycles. The first-order valence-electron chi connectivity index (χ1n) is 5.80. The van der Waals surface area contributed by atoms with Crippen LogP contribution in [0.25, 0.3) is 11.1 Å². The highest BCUT2D eigenvalue weighted by atomic mass is 19.4. The Labute approximate surface area is 119 Å². The molecular formula is C14H7F7O. The van der Waals surface area contributed by atoms with Crippen molar-refractivity contribution in [3.8, 4) is 16.9 Å². The Balaban J connectivity index is 2.63. The highest BCUT2D eigenvalue weighted by Gasteiger charge is 2.36. The van der Waals surface area contributed by atoms with E-state index >= 15 is 0 Å². The number of hydrogen-bond acceptors (Lipinski definition) is 1. The zero-order valence-electron chi connectivity index (χ0n) is 10.6. The average molecular weight is 324 g/mol. The van der Waals surface area contributed by atoms with Gasteiger partial charge < -0.3 is 4.74 Å². The van der Waals surface area contributed by atoms with Gasteiger partial charge in [0.15, 0.2) is 0 Å². The van der Waals surface area contributed by atoms with Gasteiger partial charge in [0.1, 0.15) is 11.6 Å². The monoisotopic (exact) mass is 324 g/mol. The fourth-order valence-electron chi connectivity index (χ4n) is 1.89. The molecule has 2 aromatic carbocycles. The molecular weight excluding hydrogens is 317 g/mol. The van der Waals surface area contributed by atoms with Gasteiger partial charge >= 0.3 is 12.5 Å². The topological polar surface area (TPSA) is 9.23 Å². The number of para-hydroxylation sites is 1. The molecule has 1 nitrogen and oxygen atoms in total. The number of alkyl halides is 6. The fourth-order valence-corrected chi connectivity index (χ4v) is 1.89. The SMILES string of the molecule is Fc1ccc(-c2ccccc2OC(F)(F)F)c(C(F)(F)F)c1. The first kappa shape index (κ1) is 16.1. The molecule has 2 rings (SSSR count). The van der Waals surface area contributed by atoms with Gasteiger partial charge in [-0.1, -0.05) is 24.3 Å². The lowest BCUT2D eigenvalue weighted by molar-refractivity contribution is -0.274. The van der Waals surface area contributed by atoms with Crippen LogP contribution in [0.3, 0.4) is 0 Å². The van der Waals surface area contributed by atoms with Crippen molar-refractivity contribution in [3.63, 3.8) is 0 Å². The van der Waals surface area contributed by atoms with Crippen molar-refractivity contribution in [2.45, 2.75) is 12.5 Å². The summed E-state index contributed by atoms with van der Waals surface area (Å²) in [4.78, 5) is 0. The molecule has 0 fully saturated rings. The van der Waals surface area contributed by atoms with Gasteiger partial charge in [0.25, 0.3) is 0 Å². The van der Waals surface area contributed by atoms with Crippen LogP contribution in [0.2, 0.25) is 0 Å². The summed E-state index contributed by atoms with van der Waals surface area (Å²) in [5.74, 6) is -1.95. The summed E-state index contributed by atoms with van der Waals surface area (Å²) >= 11 is 0. The summed E-state index contributed by atoms with van der Waals surface area (Å²) in [5.41, 5.74) is -2.42.